The third-order valence-electron chi connectivity index (χ3n) is 4.86. The van der Waals surface area contributed by atoms with Gasteiger partial charge in [0, 0.05) is 18.5 Å². The fourth-order valence-electron chi connectivity index (χ4n) is 3.19. The second-order valence-electron chi connectivity index (χ2n) is 6.99. The molecule has 0 spiro atoms. The number of ether oxygens (including phenoxy) is 2. The van der Waals surface area contributed by atoms with Crippen LogP contribution in [0.15, 0.2) is 78.9 Å². The normalized spacial score (nSPS) is 11.3. The van der Waals surface area contributed by atoms with Crippen LogP contribution in [-0.2, 0) is 17.8 Å². The molecule has 6 heteroatoms. The molecule has 3 aromatic rings. The average molecular weight is 418 g/mol. The molecule has 1 atom stereocenters. The predicted octanol–water partition coefficient (Wildman–Crippen LogP) is 3.36. The molecule has 31 heavy (non-hydrogen) atoms. The summed E-state index contributed by atoms with van der Waals surface area (Å²) in [5.41, 5.74) is 2.33. The molecule has 0 heterocycles. The molecule has 0 fully saturated rings. The van der Waals surface area contributed by atoms with E-state index < -0.39 is 6.04 Å². The molecular formula is C25H26N2O4. The lowest BCUT2D eigenvalue weighted by Crippen LogP contribution is -2.47. The first-order valence-electron chi connectivity index (χ1n) is 9.99. The molecule has 0 aliphatic heterocycles. The number of hydrogen-bond donors (Lipinski definition) is 2. The maximum absolute atomic E-state index is 13.0. The molecule has 3 aromatic carbocycles. The third-order valence-corrected chi connectivity index (χ3v) is 4.86. The summed E-state index contributed by atoms with van der Waals surface area (Å²) in [6, 6.07) is 23.2. The molecule has 0 saturated carbocycles. The monoisotopic (exact) mass is 418 g/mol. The van der Waals surface area contributed by atoms with Gasteiger partial charge in [0.25, 0.3) is 5.91 Å². The van der Waals surface area contributed by atoms with Gasteiger partial charge in [0.05, 0.1) is 14.2 Å². The van der Waals surface area contributed by atoms with Gasteiger partial charge in [-0.1, -0.05) is 54.6 Å². The number of nitrogens with one attached hydrogen (secondary N) is 2. The molecule has 3 rings (SSSR count). The highest BCUT2D eigenvalue weighted by Gasteiger charge is 2.22. The zero-order valence-electron chi connectivity index (χ0n) is 17.6. The highest BCUT2D eigenvalue weighted by molar-refractivity contribution is 5.97. The first-order valence-corrected chi connectivity index (χ1v) is 9.99. The number of carbonyl (C=O) groups is 2. The van der Waals surface area contributed by atoms with Crippen LogP contribution in [0.25, 0.3) is 0 Å². The lowest BCUT2D eigenvalue weighted by molar-refractivity contribution is -0.123. The fraction of sp³-hybridized carbons (Fsp3) is 0.200. The summed E-state index contributed by atoms with van der Waals surface area (Å²) in [5.74, 6) is 0.660. The van der Waals surface area contributed by atoms with Gasteiger partial charge in [-0.25, -0.2) is 0 Å². The Hall–Kier alpha value is -3.80. The van der Waals surface area contributed by atoms with Crippen molar-refractivity contribution in [3.63, 3.8) is 0 Å². The molecule has 0 aliphatic carbocycles. The Morgan fingerprint density at radius 2 is 1.45 bits per heavy atom. The van der Waals surface area contributed by atoms with Crippen molar-refractivity contribution in [2.75, 3.05) is 14.2 Å². The van der Waals surface area contributed by atoms with Gasteiger partial charge in [0.1, 0.15) is 6.04 Å². The second-order valence-corrected chi connectivity index (χ2v) is 6.99. The maximum atomic E-state index is 13.0. The quantitative estimate of drug-likeness (QED) is 0.559. The summed E-state index contributed by atoms with van der Waals surface area (Å²) in [6.07, 6.45) is 0.386. The fourth-order valence-corrected chi connectivity index (χ4v) is 3.19. The van der Waals surface area contributed by atoms with Crippen LogP contribution in [0, 0.1) is 0 Å². The van der Waals surface area contributed by atoms with E-state index in [2.05, 4.69) is 10.6 Å². The van der Waals surface area contributed by atoms with E-state index in [1.165, 1.54) is 0 Å². The summed E-state index contributed by atoms with van der Waals surface area (Å²) in [7, 11) is 3.14. The largest absolute Gasteiger partial charge is 0.493 e. The number of hydrogen-bond acceptors (Lipinski definition) is 4. The molecule has 0 radical (unpaired) electrons. The van der Waals surface area contributed by atoms with E-state index in [9.17, 15) is 9.59 Å². The number of rotatable bonds is 9. The Morgan fingerprint density at radius 1 is 0.806 bits per heavy atom. The number of methoxy groups -OCH3 is 2. The number of carbonyl (C=O) groups excluding carboxylic acids is 2. The van der Waals surface area contributed by atoms with Gasteiger partial charge in [0.2, 0.25) is 5.91 Å². The summed E-state index contributed by atoms with van der Waals surface area (Å²) in [5, 5.41) is 5.78. The van der Waals surface area contributed by atoms with E-state index in [1.807, 2.05) is 48.5 Å². The Morgan fingerprint density at radius 3 is 2.10 bits per heavy atom. The Bertz CT molecular complexity index is 1010. The van der Waals surface area contributed by atoms with Crippen molar-refractivity contribution in [3.8, 4) is 11.5 Å². The van der Waals surface area contributed by atoms with E-state index in [-0.39, 0.29) is 11.8 Å². The Labute approximate surface area is 182 Å². The van der Waals surface area contributed by atoms with Gasteiger partial charge >= 0.3 is 0 Å². The van der Waals surface area contributed by atoms with Crippen LogP contribution in [0.5, 0.6) is 11.5 Å². The van der Waals surface area contributed by atoms with Crippen molar-refractivity contribution >= 4 is 11.8 Å². The smallest absolute Gasteiger partial charge is 0.251 e. The minimum Gasteiger partial charge on any atom is -0.493 e. The summed E-state index contributed by atoms with van der Waals surface area (Å²) < 4.78 is 10.6. The molecule has 0 unspecified atom stereocenters. The summed E-state index contributed by atoms with van der Waals surface area (Å²) in [6.45, 7) is 0.297. The maximum Gasteiger partial charge on any atom is 0.251 e. The van der Waals surface area contributed by atoms with Crippen LogP contribution in [0.1, 0.15) is 21.5 Å². The van der Waals surface area contributed by atoms with Crippen molar-refractivity contribution in [3.05, 3.63) is 95.6 Å². The lowest BCUT2D eigenvalue weighted by atomic mass is 10.0. The van der Waals surface area contributed by atoms with Crippen LogP contribution in [-0.4, -0.2) is 32.1 Å². The topological polar surface area (TPSA) is 76.7 Å². The van der Waals surface area contributed by atoms with Gasteiger partial charge in [-0.3, -0.25) is 9.59 Å². The van der Waals surface area contributed by atoms with E-state index in [1.54, 1.807) is 44.6 Å². The van der Waals surface area contributed by atoms with Crippen molar-refractivity contribution in [1.29, 1.82) is 0 Å². The molecule has 6 nitrogen and oxygen atoms in total. The highest BCUT2D eigenvalue weighted by atomic mass is 16.5. The minimum atomic E-state index is -0.713. The SMILES string of the molecule is COc1ccc(CNC(=O)[C@@H](Cc2ccccc2)NC(=O)c2ccccc2)cc1OC. The Balaban J connectivity index is 1.71. The molecule has 0 saturated heterocycles. The molecule has 0 aromatic heterocycles. The van der Waals surface area contributed by atoms with Crippen LogP contribution >= 0.6 is 0 Å². The van der Waals surface area contributed by atoms with Crippen LogP contribution in [0.3, 0.4) is 0 Å². The third kappa shape index (κ3) is 6.09. The zero-order valence-corrected chi connectivity index (χ0v) is 17.6. The van der Waals surface area contributed by atoms with Gasteiger partial charge in [-0.15, -0.1) is 0 Å². The molecule has 2 N–H and O–H groups in total. The van der Waals surface area contributed by atoms with Crippen molar-refractivity contribution in [1.82, 2.24) is 10.6 Å². The predicted molar refractivity (Wildman–Crippen MR) is 119 cm³/mol. The van der Waals surface area contributed by atoms with E-state index in [0.29, 0.717) is 30.0 Å². The highest BCUT2D eigenvalue weighted by Crippen LogP contribution is 2.27. The Kier molecular flexibility index (Phi) is 7.65. The number of amides is 2. The lowest BCUT2D eigenvalue weighted by Gasteiger charge is -2.19. The van der Waals surface area contributed by atoms with Crippen LogP contribution < -0.4 is 20.1 Å². The minimum absolute atomic E-state index is 0.261. The molecule has 160 valence electrons. The van der Waals surface area contributed by atoms with Crippen molar-refractivity contribution < 1.29 is 19.1 Å². The van der Waals surface area contributed by atoms with Crippen molar-refractivity contribution in [2.24, 2.45) is 0 Å². The molecule has 0 bridgehead atoms. The first-order chi connectivity index (χ1) is 15.1. The van der Waals surface area contributed by atoms with Gasteiger partial charge in [-0.2, -0.15) is 0 Å². The van der Waals surface area contributed by atoms with E-state index in [4.69, 9.17) is 9.47 Å². The standard InChI is InChI=1S/C25H26N2O4/c1-30-22-14-13-19(16-23(22)31-2)17-26-25(29)21(15-18-9-5-3-6-10-18)27-24(28)20-11-7-4-8-12-20/h3-14,16,21H,15,17H2,1-2H3,(H,26,29)(H,27,28)/t21-/m1/s1. The van der Waals surface area contributed by atoms with Gasteiger partial charge in [0.15, 0.2) is 11.5 Å². The van der Waals surface area contributed by atoms with Crippen LogP contribution in [0.2, 0.25) is 0 Å². The summed E-state index contributed by atoms with van der Waals surface area (Å²) >= 11 is 0. The molecule has 2 amide bonds. The van der Waals surface area contributed by atoms with Gasteiger partial charge < -0.3 is 20.1 Å². The first kappa shape index (κ1) is 21.9. The second kappa shape index (κ2) is 10.8. The number of benzene rings is 3. The van der Waals surface area contributed by atoms with E-state index in [0.717, 1.165) is 11.1 Å². The summed E-state index contributed by atoms with van der Waals surface area (Å²) in [4.78, 5) is 25.6. The zero-order chi connectivity index (χ0) is 22.1. The molecule has 0 aliphatic rings. The van der Waals surface area contributed by atoms with E-state index >= 15 is 0 Å². The van der Waals surface area contributed by atoms with Gasteiger partial charge in [-0.05, 0) is 35.4 Å². The average Bonchev–Trinajstić information content (AvgIpc) is 2.83. The van der Waals surface area contributed by atoms with Crippen molar-refractivity contribution in [2.45, 2.75) is 19.0 Å². The molecular weight excluding hydrogens is 392 g/mol. The van der Waals surface area contributed by atoms with Crippen LogP contribution in [0.4, 0.5) is 0 Å².